The molecule has 2 aliphatic rings. The van der Waals surface area contributed by atoms with Gasteiger partial charge in [-0.15, -0.1) is 11.3 Å². The van der Waals surface area contributed by atoms with Gasteiger partial charge in [-0.05, 0) is 13.8 Å². The summed E-state index contributed by atoms with van der Waals surface area (Å²) in [5.74, 6) is 0. The Morgan fingerprint density at radius 3 is 2.44 bits per heavy atom. The van der Waals surface area contributed by atoms with E-state index in [2.05, 4.69) is 33.9 Å². The fourth-order valence-corrected chi connectivity index (χ4v) is 3.59. The van der Waals surface area contributed by atoms with Crippen molar-refractivity contribution in [2.24, 2.45) is 0 Å². The molecular formula is C13H22N4S. The third-order valence-electron chi connectivity index (χ3n) is 4.11. The Hall–Kier alpha value is -0.490. The fourth-order valence-electron chi connectivity index (χ4n) is 2.62. The zero-order valence-electron chi connectivity index (χ0n) is 11.3. The smallest absolute Gasteiger partial charge is 0.107 e. The molecule has 3 heterocycles. The molecule has 100 valence electrons. The van der Waals surface area contributed by atoms with Crippen molar-refractivity contribution in [3.8, 4) is 0 Å². The Morgan fingerprint density at radius 2 is 1.94 bits per heavy atom. The van der Waals surface area contributed by atoms with E-state index < -0.39 is 0 Å². The van der Waals surface area contributed by atoms with E-state index in [9.17, 15) is 0 Å². The first-order valence-corrected chi connectivity index (χ1v) is 7.64. The van der Waals surface area contributed by atoms with Crippen molar-refractivity contribution in [1.29, 1.82) is 0 Å². The molecule has 2 saturated heterocycles. The summed E-state index contributed by atoms with van der Waals surface area (Å²) in [6, 6.07) is 0.802. The largest absolute Gasteiger partial charge is 0.314 e. The highest BCUT2D eigenvalue weighted by Crippen LogP contribution is 2.19. The van der Waals surface area contributed by atoms with E-state index in [1.54, 1.807) is 0 Å². The number of piperazine rings is 1. The molecule has 0 aliphatic carbocycles. The molecule has 0 aromatic carbocycles. The molecule has 0 unspecified atom stereocenters. The van der Waals surface area contributed by atoms with Crippen LogP contribution in [-0.4, -0.2) is 60.1 Å². The molecule has 0 amide bonds. The molecule has 1 N–H and O–H groups in total. The van der Waals surface area contributed by atoms with Crippen LogP contribution in [0.5, 0.6) is 0 Å². The molecular weight excluding hydrogens is 244 g/mol. The van der Waals surface area contributed by atoms with Crippen LogP contribution >= 0.6 is 11.3 Å². The molecule has 0 spiro atoms. The highest BCUT2D eigenvalue weighted by Gasteiger charge is 2.27. The lowest BCUT2D eigenvalue weighted by Gasteiger charge is -2.43. The summed E-state index contributed by atoms with van der Waals surface area (Å²) in [6.45, 7) is 12.5. The molecule has 0 bridgehead atoms. The zero-order chi connectivity index (χ0) is 12.5. The summed E-state index contributed by atoms with van der Waals surface area (Å²) in [7, 11) is 0. The SMILES string of the molecule is Cc1nc(CN2CCN(C3CNC3)CC2)sc1C. The molecule has 5 heteroatoms. The average Bonchev–Trinajstić information content (AvgIpc) is 2.58. The normalized spacial score (nSPS) is 23.2. The minimum Gasteiger partial charge on any atom is -0.314 e. The van der Waals surface area contributed by atoms with E-state index in [0.717, 1.165) is 12.6 Å². The molecule has 0 atom stereocenters. The lowest BCUT2D eigenvalue weighted by molar-refractivity contribution is 0.0695. The molecule has 18 heavy (non-hydrogen) atoms. The van der Waals surface area contributed by atoms with E-state index in [1.165, 1.54) is 54.8 Å². The highest BCUT2D eigenvalue weighted by molar-refractivity contribution is 7.11. The first-order valence-electron chi connectivity index (χ1n) is 6.82. The number of hydrogen-bond acceptors (Lipinski definition) is 5. The van der Waals surface area contributed by atoms with E-state index in [4.69, 9.17) is 0 Å². The topological polar surface area (TPSA) is 31.4 Å². The Morgan fingerprint density at radius 1 is 1.22 bits per heavy atom. The maximum atomic E-state index is 4.64. The Kier molecular flexibility index (Phi) is 3.66. The van der Waals surface area contributed by atoms with Crippen LogP contribution in [0.1, 0.15) is 15.6 Å². The Balaban J connectivity index is 1.50. The van der Waals surface area contributed by atoms with Crippen molar-refractivity contribution in [3.63, 3.8) is 0 Å². The number of thiazole rings is 1. The molecule has 1 aromatic rings. The molecule has 4 nitrogen and oxygen atoms in total. The van der Waals surface area contributed by atoms with Gasteiger partial charge in [-0.2, -0.15) is 0 Å². The monoisotopic (exact) mass is 266 g/mol. The number of aromatic nitrogens is 1. The molecule has 2 aliphatic heterocycles. The second-order valence-corrected chi connectivity index (χ2v) is 6.66. The van der Waals surface area contributed by atoms with Gasteiger partial charge in [-0.3, -0.25) is 9.80 Å². The van der Waals surface area contributed by atoms with Gasteiger partial charge in [-0.1, -0.05) is 0 Å². The number of hydrogen-bond donors (Lipinski definition) is 1. The van der Waals surface area contributed by atoms with E-state index in [-0.39, 0.29) is 0 Å². The molecule has 2 fully saturated rings. The van der Waals surface area contributed by atoms with Crippen molar-refractivity contribution >= 4 is 11.3 Å². The van der Waals surface area contributed by atoms with Crippen LogP contribution in [-0.2, 0) is 6.54 Å². The van der Waals surface area contributed by atoms with Gasteiger partial charge in [0.2, 0.25) is 0 Å². The van der Waals surface area contributed by atoms with Gasteiger partial charge in [0.05, 0.1) is 12.2 Å². The lowest BCUT2D eigenvalue weighted by Crippen LogP contribution is -2.61. The number of nitrogens with zero attached hydrogens (tertiary/aromatic N) is 3. The number of nitrogens with one attached hydrogen (secondary N) is 1. The van der Waals surface area contributed by atoms with Crippen molar-refractivity contribution in [3.05, 3.63) is 15.6 Å². The first kappa shape index (κ1) is 12.5. The summed E-state index contributed by atoms with van der Waals surface area (Å²) in [6.07, 6.45) is 0. The van der Waals surface area contributed by atoms with Gasteiger partial charge >= 0.3 is 0 Å². The van der Waals surface area contributed by atoms with Crippen LogP contribution in [0.4, 0.5) is 0 Å². The van der Waals surface area contributed by atoms with Gasteiger partial charge in [0.1, 0.15) is 5.01 Å². The quantitative estimate of drug-likeness (QED) is 0.879. The molecule has 0 radical (unpaired) electrons. The van der Waals surface area contributed by atoms with Gasteiger partial charge in [-0.25, -0.2) is 4.98 Å². The van der Waals surface area contributed by atoms with Crippen molar-refractivity contribution in [1.82, 2.24) is 20.1 Å². The standard InChI is InChI=1S/C13H22N4S/c1-10-11(2)18-13(15-10)9-16-3-5-17(6-4-16)12-7-14-8-12/h12,14H,3-9H2,1-2H3. The van der Waals surface area contributed by atoms with Crippen LogP contribution in [0.25, 0.3) is 0 Å². The van der Waals surface area contributed by atoms with Crippen LogP contribution in [0.3, 0.4) is 0 Å². The maximum absolute atomic E-state index is 4.64. The van der Waals surface area contributed by atoms with Crippen LogP contribution < -0.4 is 5.32 Å². The minimum absolute atomic E-state index is 0.802. The molecule has 3 rings (SSSR count). The van der Waals surface area contributed by atoms with Crippen molar-refractivity contribution in [2.75, 3.05) is 39.3 Å². The van der Waals surface area contributed by atoms with Crippen LogP contribution in [0.2, 0.25) is 0 Å². The Labute approximate surface area is 113 Å². The van der Waals surface area contributed by atoms with Gasteiger partial charge in [0.25, 0.3) is 0 Å². The van der Waals surface area contributed by atoms with Gasteiger partial charge in [0.15, 0.2) is 0 Å². The average molecular weight is 266 g/mol. The van der Waals surface area contributed by atoms with Crippen LogP contribution in [0, 0.1) is 13.8 Å². The minimum atomic E-state index is 0.802. The van der Waals surface area contributed by atoms with Gasteiger partial charge in [0, 0.05) is 50.2 Å². The predicted octanol–water partition coefficient (Wildman–Crippen LogP) is 0.849. The van der Waals surface area contributed by atoms with E-state index in [0.29, 0.717) is 0 Å². The first-order chi connectivity index (χ1) is 8.72. The Bertz CT molecular complexity index is 386. The molecule has 1 aromatic heterocycles. The maximum Gasteiger partial charge on any atom is 0.107 e. The second-order valence-electron chi connectivity index (χ2n) is 5.37. The third-order valence-corrected chi connectivity index (χ3v) is 5.17. The summed E-state index contributed by atoms with van der Waals surface area (Å²) in [5, 5.41) is 4.64. The van der Waals surface area contributed by atoms with E-state index >= 15 is 0 Å². The summed E-state index contributed by atoms with van der Waals surface area (Å²) in [5.41, 5.74) is 1.20. The zero-order valence-corrected chi connectivity index (χ0v) is 12.1. The summed E-state index contributed by atoms with van der Waals surface area (Å²) < 4.78 is 0. The summed E-state index contributed by atoms with van der Waals surface area (Å²) in [4.78, 5) is 11.2. The van der Waals surface area contributed by atoms with Gasteiger partial charge < -0.3 is 5.32 Å². The lowest BCUT2D eigenvalue weighted by atomic mass is 10.1. The van der Waals surface area contributed by atoms with Crippen molar-refractivity contribution in [2.45, 2.75) is 26.4 Å². The number of aryl methyl sites for hydroxylation is 2. The summed E-state index contributed by atoms with van der Waals surface area (Å²) >= 11 is 1.85. The third kappa shape index (κ3) is 2.59. The molecule has 0 saturated carbocycles. The predicted molar refractivity (Wildman–Crippen MR) is 75.1 cm³/mol. The fraction of sp³-hybridized carbons (Fsp3) is 0.769. The number of rotatable bonds is 3. The second kappa shape index (κ2) is 5.25. The van der Waals surface area contributed by atoms with Crippen molar-refractivity contribution < 1.29 is 0 Å². The highest BCUT2D eigenvalue weighted by atomic mass is 32.1. The van der Waals surface area contributed by atoms with Crippen LogP contribution in [0.15, 0.2) is 0 Å². The van der Waals surface area contributed by atoms with E-state index in [1.807, 2.05) is 11.3 Å².